The maximum atomic E-state index is 13.5. The van der Waals surface area contributed by atoms with Gasteiger partial charge < -0.3 is 20.1 Å². The zero-order valence-corrected chi connectivity index (χ0v) is 25.5. The van der Waals surface area contributed by atoms with Crippen LogP contribution in [0.25, 0.3) is 0 Å². The van der Waals surface area contributed by atoms with Crippen molar-refractivity contribution in [3.05, 3.63) is 71.8 Å². The van der Waals surface area contributed by atoms with Crippen LogP contribution >= 0.6 is 0 Å². The van der Waals surface area contributed by atoms with Crippen LogP contribution < -0.4 is 5.32 Å². The molecule has 8 heteroatoms. The highest BCUT2D eigenvalue weighted by Gasteiger charge is 2.33. The molecule has 2 N–H and O–H groups in total. The van der Waals surface area contributed by atoms with E-state index in [1.54, 1.807) is 20.8 Å². The summed E-state index contributed by atoms with van der Waals surface area (Å²) in [5.74, 6) is -2.67. The molecule has 0 unspecified atom stereocenters. The zero-order chi connectivity index (χ0) is 30.8. The number of aliphatic carboxylic acids is 1. The van der Waals surface area contributed by atoms with E-state index >= 15 is 0 Å². The van der Waals surface area contributed by atoms with Crippen molar-refractivity contribution in [1.29, 1.82) is 0 Å². The number of carboxylic acids is 1. The first kappa shape index (κ1) is 33.5. The fourth-order valence-electron chi connectivity index (χ4n) is 4.66. The van der Waals surface area contributed by atoms with Crippen LogP contribution in [0.15, 0.2) is 60.7 Å². The van der Waals surface area contributed by atoms with Gasteiger partial charge in [0.15, 0.2) is 5.78 Å². The molecule has 0 heterocycles. The monoisotopic (exact) mass is 566 g/mol. The minimum absolute atomic E-state index is 0.0564. The van der Waals surface area contributed by atoms with Gasteiger partial charge in [0.25, 0.3) is 0 Å². The number of nitrogens with zero attached hydrogens (tertiary/aromatic N) is 1. The molecule has 2 atom stereocenters. The average molecular weight is 567 g/mol. The Hall–Kier alpha value is -3.68. The topological polar surface area (TPSA) is 113 Å². The lowest BCUT2D eigenvalue weighted by atomic mass is 9.84. The van der Waals surface area contributed by atoms with Gasteiger partial charge in [0.2, 0.25) is 5.91 Å². The summed E-state index contributed by atoms with van der Waals surface area (Å²) in [5, 5.41) is 12.3. The quantitative estimate of drug-likeness (QED) is 0.306. The molecule has 0 saturated carbocycles. The first-order valence-corrected chi connectivity index (χ1v) is 14.2. The number of ketones is 1. The van der Waals surface area contributed by atoms with Crippen LogP contribution in [0, 0.1) is 11.8 Å². The molecule has 0 fully saturated rings. The summed E-state index contributed by atoms with van der Waals surface area (Å²) >= 11 is 0. The minimum atomic E-state index is -1.11. The highest BCUT2D eigenvalue weighted by molar-refractivity contribution is 5.91. The number of hydrogen-bond donors (Lipinski definition) is 2. The third-order valence-corrected chi connectivity index (χ3v) is 6.65. The Morgan fingerprint density at radius 2 is 1.46 bits per heavy atom. The molecule has 0 bridgehead atoms. The Bertz CT molecular complexity index is 1160. The average Bonchev–Trinajstić information content (AvgIpc) is 2.87. The third-order valence-electron chi connectivity index (χ3n) is 6.65. The standard InChI is InChI=1S/C33H46N2O6/c1-23(2)18-28(30(38)39)34-29(37)25(19-24-14-10-8-11-15-24)20-27(36)21-35(31(40)41-32(3,4)5)22-33(6,7)26-16-12-9-13-17-26/h8-17,23,25,28H,18-22H2,1-7H3,(H,34,37)(H,38,39)/t25-,28+/m0/s1. The zero-order valence-electron chi connectivity index (χ0n) is 25.5. The van der Waals surface area contributed by atoms with Crippen molar-refractivity contribution in [3.63, 3.8) is 0 Å². The van der Waals surface area contributed by atoms with Crippen LogP contribution in [0.1, 0.15) is 72.4 Å². The minimum Gasteiger partial charge on any atom is -0.480 e. The van der Waals surface area contributed by atoms with Crippen LogP contribution in [0.4, 0.5) is 4.79 Å². The molecule has 0 saturated heterocycles. The maximum absolute atomic E-state index is 13.5. The molecule has 2 aromatic rings. The first-order valence-electron chi connectivity index (χ1n) is 14.2. The number of rotatable bonds is 14. The van der Waals surface area contributed by atoms with E-state index in [4.69, 9.17) is 4.74 Å². The van der Waals surface area contributed by atoms with E-state index in [2.05, 4.69) is 5.32 Å². The Morgan fingerprint density at radius 3 is 1.98 bits per heavy atom. The summed E-state index contributed by atoms with van der Waals surface area (Å²) in [7, 11) is 0. The number of hydrogen-bond acceptors (Lipinski definition) is 5. The van der Waals surface area contributed by atoms with E-state index in [0.29, 0.717) is 0 Å². The molecule has 2 rings (SSSR count). The van der Waals surface area contributed by atoms with E-state index < -0.39 is 40.9 Å². The van der Waals surface area contributed by atoms with Crippen LogP contribution in [0.3, 0.4) is 0 Å². The van der Waals surface area contributed by atoms with E-state index in [9.17, 15) is 24.3 Å². The molecule has 8 nitrogen and oxygen atoms in total. The number of carboxylic acid groups (broad SMARTS) is 1. The highest BCUT2D eigenvalue weighted by atomic mass is 16.6. The van der Waals surface area contributed by atoms with Gasteiger partial charge in [-0.05, 0) is 50.7 Å². The molecule has 2 aromatic carbocycles. The molecule has 2 amide bonds. The summed E-state index contributed by atoms with van der Waals surface area (Å²) in [6.45, 7) is 13.1. The van der Waals surface area contributed by atoms with Crippen LogP contribution in [-0.2, 0) is 31.0 Å². The van der Waals surface area contributed by atoms with Crippen molar-refractivity contribution in [2.45, 2.75) is 84.8 Å². The normalized spacial score (nSPS) is 13.3. The van der Waals surface area contributed by atoms with E-state index in [1.165, 1.54) is 4.90 Å². The van der Waals surface area contributed by atoms with Gasteiger partial charge in [-0.15, -0.1) is 0 Å². The molecule has 41 heavy (non-hydrogen) atoms. The van der Waals surface area contributed by atoms with Crippen molar-refractivity contribution in [2.24, 2.45) is 11.8 Å². The summed E-state index contributed by atoms with van der Waals surface area (Å²) < 4.78 is 5.64. The molecule has 0 aliphatic rings. The van der Waals surface area contributed by atoms with Gasteiger partial charge in [-0.3, -0.25) is 9.59 Å². The Balaban J connectivity index is 2.29. The second-order valence-corrected chi connectivity index (χ2v) is 12.7. The van der Waals surface area contributed by atoms with E-state index in [0.717, 1.165) is 11.1 Å². The number of carbonyl (C=O) groups is 4. The van der Waals surface area contributed by atoms with Crippen molar-refractivity contribution >= 4 is 23.8 Å². The molecule has 224 valence electrons. The predicted octanol–water partition coefficient (Wildman–Crippen LogP) is 5.63. The number of carbonyl (C=O) groups excluding carboxylic acids is 3. The van der Waals surface area contributed by atoms with Gasteiger partial charge in [-0.1, -0.05) is 88.4 Å². The van der Waals surface area contributed by atoms with Crippen molar-refractivity contribution in [2.75, 3.05) is 13.1 Å². The van der Waals surface area contributed by atoms with Crippen LogP contribution in [-0.4, -0.2) is 58.5 Å². The summed E-state index contributed by atoms with van der Waals surface area (Å²) in [4.78, 5) is 53.3. The number of nitrogens with one attached hydrogen (secondary N) is 1. The van der Waals surface area contributed by atoms with Gasteiger partial charge in [0.1, 0.15) is 11.6 Å². The lowest BCUT2D eigenvalue weighted by molar-refractivity contribution is -0.143. The van der Waals surface area contributed by atoms with Gasteiger partial charge >= 0.3 is 12.1 Å². The van der Waals surface area contributed by atoms with Crippen LogP contribution in [0.5, 0.6) is 0 Å². The summed E-state index contributed by atoms with van der Waals surface area (Å²) in [6.07, 6.45) is -0.232. The van der Waals surface area contributed by atoms with Crippen molar-refractivity contribution < 1.29 is 29.0 Å². The fourth-order valence-corrected chi connectivity index (χ4v) is 4.66. The third kappa shape index (κ3) is 11.8. The first-order chi connectivity index (χ1) is 19.1. The molecular formula is C33H46N2O6. The number of Topliss-reactive ketones (excluding diaryl/α,β-unsaturated/α-hetero) is 1. The lowest BCUT2D eigenvalue weighted by Crippen LogP contribution is -2.47. The second-order valence-electron chi connectivity index (χ2n) is 12.7. The Labute approximate surface area is 244 Å². The smallest absolute Gasteiger partial charge is 0.410 e. The van der Waals surface area contributed by atoms with Crippen molar-refractivity contribution in [3.8, 4) is 0 Å². The predicted molar refractivity (Wildman–Crippen MR) is 160 cm³/mol. The van der Waals surface area contributed by atoms with E-state index in [1.807, 2.05) is 88.4 Å². The highest BCUT2D eigenvalue weighted by Crippen LogP contribution is 2.26. The molecular weight excluding hydrogens is 520 g/mol. The molecule has 0 aromatic heterocycles. The largest absolute Gasteiger partial charge is 0.480 e. The van der Waals surface area contributed by atoms with Gasteiger partial charge in [0.05, 0.1) is 6.54 Å². The molecule has 0 radical (unpaired) electrons. The number of ether oxygens (including phenoxy) is 1. The van der Waals surface area contributed by atoms with Gasteiger partial charge in [0, 0.05) is 24.3 Å². The second kappa shape index (κ2) is 14.8. The summed E-state index contributed by atoms with van der Waals surface area (Å²) in [6, 6.07) is 18.0. The maximum Gasteiger partial charge on any atom is 0.410 e. The van der Waals surface area contributed by atoms with Crippen molar-refractivity contribution in [1.82, 2.24) is 10.2 Å². The Kier molecular flexibility index (Phi) is 12.1. The SMILES string of the molecule is CC(C)C[C@@H](NC(=O)[C@H](CC(=O)CN(CC(C)(C)c1ccccc1)C(=O)OC(C)(C)C)Cc1ccccc1)C(=O)O. The molecule has 0 aliphatic carbocycles. The fraction of sp³-hybridized carbons (Fsp3) is 0.515. The Morgan fingerprint density at radius 1 is 0.902 bits per heavy atom. The molecule has 0 spiro atoms. The van der Waals surface area contributed by atoms with Gasteiger partial charge in [-0.2, -0.15) is 0 Å². The van der Waals surface area contributed by atoms with E-state index in [-0.39, 0.29) is 44.1 Å². The number of benzene rings is 2. The summed E-state index contributed by atoms with van der Waals surface area (Å²) in [5.41, 5.74) is 0.621. The number of amides is 2. The van der Waals surface area contributed by atoms with Gasteiger partial charge in [-0.25, -0.2) is 9.59 Å². The van der Waals surface area contributed by atoms with Crippen LogP contribution in [0.2, 0.25) is 0 Å². The molecule has 0 aliphatic heterocycles. The lowest BCUT2D eigenvalue weighted by Gasteiger charge is -2.34.